The molecule has 1 rings (SSSR count). The van der Waals surface area contributed by atoms with Gasteiger partial charge in [-0.3, -0.25) is 14.5 Å². The SMILES string of the molecule is CN1C(=O)CCC(C(C)(C)C)C1=O. The van der Waals surface area contributed by atoms with Crippen molar-refractivity contribution in [2.45, 2.75) is 33.6 Å². The summed E-state index contributed by atoms with van der Waals surface area (Å²) in [5.74, 6) is -0.0792. The number of carbonyl (C=O) groups is 2. The van der Waals surface area contributed by atoms with Gasteiger partial charge in [-0.25, -0.2) is 0 Å². The van der Waals surface area contributed by atoms with Crippen molar-refractivity contribution in [1.29, 1.82) is 0 Å². The van der Waals surface area contributed by atoms with Crippen LogP contribution in [0.4, 0.5) is 0 Å². The predicted molar refractivity (Wildman–Crippen MR) is 50.0 cm³/mol. The Balaban J connectivity index is 2.82. The molecule has 1 aliphatic rings. The molecule has 1 heterocycles. The average Bonchev–Trinajstić information content (AvgIpc) is 1.98. The molecule has 1 atom stereocenters. The van der Waals surface area contributed by atoms with Crippen molar-refractivity contribution in [3.8, 4) is 0 Å². The molecule has 0 aromatic carbocycles. The molecule has 1 unspecified atom stereocenters. The number of amides is 2. The predicted octanol–water partition coefficient (Wildman–Crippen LogP) is 1.43. The number of imide groups is 1. The Bertz CT molecular complexity index is 240. The number of rotatable bonds is 0. The largest absolute Gasteiger partial charge is 0.286 e. The normalized spacial score (nSPS) is 25.2. The Labute approximate surface area is 79.1 Å². The summed E-state index contributed by atoms with van der Waals surface area (Å²) in [6.45, 7) is 6.12. The lowest BCUT2D eigenvalue weighted by Crippen LogP contribution is -2.46. The summed E-state index contributed by atoms with van der Waals surface area (Å²) in [5.41, 5.74) is -0.0357. The highest BCUT2D eigenvalue weighted by atomic mass is 16.2. The molecule has 0 aromatic heterocycles. The Kier molecular flexibility index (Phi) is 2.46. The zero-order chi connectivity index (χ0) is 10.2. The zero-order valence-corrected chi connectivity index (χ0v) is 8.76. The fourth-order valence-corrected chi connectivity index (χ4v) is 1.72. The van der Waals surface area contributed by atoms with E-state index in [9.17, 15) is 9.59 Å². The van der Waals surface area contributed by atoms with Crippen LogP contribution in [-0.2, 0) is 9.59 Å². The van der Waals surface area contributed by atoms with E-state index in [2.05, 4.69) is 0 Å². The number of nitrogens with zero attached hydrogens (tertiary/aromatic N) is 1. The molecule has 0 aliphatic carbocycles. The summed E-state index contributed by atoms with van der Waals surface area (Å²) >= 11 is 0. The van der Waals surface area contributed by atoms with E-state index < -0.39 is 0 Å². The van der Waals surface area contributed by atoms with E-state index in [0.717, 1.165) is 0 Å². The lowest BCUT2D eigenvalue weighted by molar-refractivity contribution is -0.152. The average molecular weight is 183 g/mol. The van der Waals surface area contributed by atoms with Crippen LogP contribution in [0, 0.1) is 11.3 Å². The van der Waals surface area contributed by atoms with Gasteiger partial charge in [0.1, 0.15) is 0 Å². The number of piperidine rings is 1. The highest BCUT2D eigenvalue weighted by Gasteiger charge is 2.38. The maximum Gasteiger partial charge on any atom is 0.232 e. The minimum absolute atomic E-state index is 0.00444. The van der Waals surface area contributed by atoms with Crippen LogP contribution in [-0.4, -0.2) is 23.8 Å². The van der Waals surface area contributed by atoms with E-state index >= 15 is 0 Å². The molecular formula is C10H17NO2. The molecule has 74 valence electrons. The van der Waals surface area contributed by atoms with Crippen LogP contribution in [0.3, 0.4) is 0 Å². The molecule has 1 aliphatic heterocycles. The van der Waals surface area contributed by atoms with Gasteiger partial charge in [0, 0.05) is 19.4 Å². The Morgan fingerprint density at radius 3 is 2.31 bits per heavy atom. The van der Waals surface area contributed by atoms with E-state index in [1.807, 2.05) is 20.8 Å². The Morgan fingerprint density at radius 2 is 1.85 bits per heavy atom. The van der Waals surface area contributed by atoms with Crippen molar-refractivity contribution < 1.29 is 9.59 Å². The fourth-order valence-electron chi connectivity index (χ4n) is 1.72. The summed E-state index contributed by atoms with van der Waals surface area (Å²) < 4.78 is 0. The number of likely N-dealkylation sites (tertiary alicyclic amines) is 1. The van der Waals surface area contributed by atoms with E-state index in [1.165, 1.54) is 4.90 Å². The highest BCUT2D eigenvalue weighted by Crippen LogP contribution is 2.33. The van der Waals surface area contributed by atoms with Crippen molar-refractivity contribution in [2.75, 3.05) is 7.05 Å². The van der Waals surface area contributed by atoms with Crippen LogP contribution < -0.4 is 0 Å². The molecule has 0 aromatic rings. The maximum absolute atomic E-state index is 11.7. The Morgan fingerprint density at radius 1 is 1.31 bits per heavy atom. The van der Waals surface area contributed by atoms with E-state index in [1.54, 1.807) is 7.05 Å². The van der Waals surface area contributed by atoms with Gasteiger partial charge in [-0.1, -0.05) is 20.8 Å². The summed E-state index contributed by atoms with van der Waals surface area (Å²) in [4.78, 5) is 24.1. The smallest absolute Gasteiger partial charge is 0.232 e. The van der Waals surface area contributed by atoms with E-state index in [0.29, 0.717) is 12.8 Å². The molecule has 0 bridgehead atoms. The first kappa shape index (κ1) is 10.2. The zero-order valence-electron chi connectivity index (χ0n) is 8.76. The second kappa shape index (κ2) is 3.13. The molecule has 0 spiro atoms. The number of hydrogen-bond donors (Lipinski definition) is 0. The van der Waals surface area contributed by atoms with Crippen LogP contribution >= 0.6 is 0 Å². The first-order valence-corrected chi connectivity index (χ1v) is 4.64. The highest BCUT2D eigenvalue weighted by molar-refractivity contribution is 5.98. The van der Waals surface area contributed by atoms with Gasteiger partial charge in [-0.2, -0.15) is 0 Å². The summed E-state index contributed by atoms with van der Waals surface area (Å²) in [7, 11) is 1.57. The second-order valence-electron chi connectivity index (χ2n) is 4.75. The molecule has 1 fully saturated rings. The quantitative estimate of drug-likeness (QED) is 0.533. The van der Waals surface area contributed by atoms with Gasteiger partial charge in [0.25, 0.3) is 0 Å². The number of hydrogen-bond acceptors (Lipinski definition) is 2. The molecule has 1 saturated heterocycles. The van der Waals surface area contributed by atoms with Gasteiger partial charge < -0.3 is 0 Å². The summed E-state index contributed by atoms with van der Waals surface area (Å²) in [5, 5.41) is 0. The molecule has 2 amide bonds. The van der Waals surface area contributed by atoms with Crippen molar-refractivity contribution in [3.05, 3.63) is 0 Å². The standard InChI is InChI=1S/C10H17NO2/c1-10(2,3)7-5-6-8(12)11(4)9(7)13/h7H,5-6H2,1-4H3. The molecular weight excluding hydrogens is 166 g/mol. The fraction of sp³-hybridized carbons (Fsp3) is 0.800. The second-order valence-corrected chi connectivity index (χ2v) is 4.75. The van der Waals surface area contributed by atoms with Gasteiger partial charge in [0.2, 0.25) is 11.8 Å². The van der Waals surface area contributed by atoms with E-state index in [4.69, 9.17) is 0 Å². The van der Waals surface area contributed by atoms with Gasteiger partial charge in [0.05, 0.1) is 0 Å². The maximum atomic E-state index is 11.7. The molecule has 3 heteroatoms. The van der Waals surface area contributed by atoms with Crippen molar-refractivity contribution in [1.82, 2.24) is 4.90 Å². The van der Waals surface area contributed by atoms with Crippen LogP contribution in [0.1, 0.15) is 33.6 Å². The third-order valence-corrected chi connectivity index (χ3v) is 2.70. The molecule has 0 radical (unpaired) electrons. The van der Waals surface area contributed by atoms with Gasteiger partial charge in [-0.15, -0.1) is 0 Å². The van der Waals surface area contributed by atoms with Crippen LogP contribution in [0.15, 0.2) is 0 Å². The minimum atomic E-state index is -0.0505. The topological polar surface area (TPSA) is 37.4 Å². The summed E-state index contributed by atoms with van der Waals surface area (Å²) in [6, 6.07) is 0. The Hall–Kier alpha value is -0.860. The lowest BCUT2D eigenvalue weighted by Gasteiger charge is -2.35. The van der Waals surface area contributed by atoms with Gasteiger partial charge in [0.15, 0.2) is 0 Å². The van der Waals surface area contributed by atoms with Crippen LogP contribution in [0.25, 0.3) is 0 Å². The molecule has 13 heavy (non-hydrogen) atoms. The van der Waals surface area contributed by atoms with Crippen LogP contribution in [0.2, 0.25) is 0 Å². The first-order valence-electron chi connectivity index (χ1n) is 4.64. The van der Waals surface area contributed by atoms with Gasteiger partial charge in [-0.05, 0) is 11.8 Å². The van der Waals surface area contributed by atoms with E-state index in [-0.39, 0.29) is 23.1 Å². The third kappa shape index (κ3) is 1.90. The third-order valence-electron chi connectivity index (χ3n) is 2.70. The minimum Gasteiger partial charge on any atom is -0.286 e. The first-order chi connectivity index (χ1) is 5.84. The van der Waals surface area contributed by atoms with Crippen molar-refractivity contribution in [2.24, 2.45) is 11.3 Å². The van der Waals surface area contributed by atoms with Crippen molar-refractivity contribution in [3.63, 3.8) is 0 Å². The lowest BCUT2D eigenvalue weighted by atomic mass is 9.75. The van der Waals surface area contributed by atoms with Gasteiger partial charge >= 0.3 is 0 Å². The summed E-state index contributed by atoms with van der Waals surface area (Å²) in [6.07, 6.45) is 1.20. The molecule has 0 N–H and O–H groups in total. The monoisotopic (exact) mass is 183 g/mol. The number of carbonyl (C=O) groups excluding carboxylic acids is 2. The van der Waals surface area contributed by atoms with Crippen LogP contribution in [0.5, 0.6) is 0 Å². The molecule has 0 saturated carbocycles. The van der Waals surface area contributed by atoms with Crippen molar-refractivity contribution >= 4 is 11.8 Å². The molecule has 3 nitrogen and oxygen atoms in total.